The van der Waals surface area contributed by atoms with Gasteiger partial charge in [0.15, 0.2) is 0 Å². The maximum atomic E-state index is 13.2. The van der Waals surface area contributed by atoms with Crippen molar-refractivity contribution in [3.05, 3.63) is 35.9 Å². The van der Waals surface area contributed by atoms with Gasteiger partial charge in [-0.3, -0.25) is 19.2 Å². The number of hydrogen-bond donors (Lipinski definition) is 7. The molecule has 0 saturated carbocycles. The van der Waals surface area contributed by atoms with E-state index in [0.717, 1.165) is 6.42 Å². The highest BCUT2D eigenvalue weighted by molar-refractivity contribution is 5.95. The molecule has 0 spiro atoms. The first-order valence-electron chi connectivity index (χ1n) is 11.9. The number of nitrogens with two attached hydrogens (primary N) is 3. The summed E-state index contributed by atoms with van der Waals surface area (Å²) in [4.78, 5) is 61.4. The number of aliphatic carboxylic acids is 1. The van der Waals surface area contributed by atoms with Crippen LogP contribution in [0.25, 0.3) is 0 Å². The zero-order valence-corrected chi connectivity index (χ0v) is 20.7. The number of unbranched alkanes of at least 4 members (excludes halogenated alkanes) is 1. The Hall–Kier alpha value is -3.51. The van der Waals surface area contributed by atoms with Crippen LogP contribution in [0.4, 0.5) is 0 Å². The van der Waals surface area contributed by atoms with E-state index in [-0.39, 0.29) is 12.3 Å². The van der Waals surface area contributed by atoms with Crippen molar-refractivity contribution in [1.29, 1.82) is 0 Å². The van der Waals surface area contributed by atoms with Gasteiger partial charge in [0.05, 0.1) is 12.5 Å². The topological polar surface area (TPSA) is 220 Å². The third-order valence-electron chi connectivity index (χ3n) is 5.49. The molecule has 0 fully saturated rings. The average Bonchev–Trinajstić information content (AvgIpc) is 2.81. The van der Waals surface area contributed by atoms with Crippen LogP contribution >= 0.6 is 0 Å². The molecule has 36 heavy (non-hydrogen) atoms. The summed E-state index contributed by atoms with van der Waals surface area (Å²) in [6.45, 7) is 3.94. The lowest BCUT2D eigenvalue weighted by Gasteiger charge is -2.27. The maximum Gasteiger partial charge on any atom is 0.326 e. The second kappa shape index (κ2) is 15.5. The number of amides is 4. The largest absolute Gasteiger partial charge is 0.480 e. The number of carbonyl (C=O) groups excluding carboxylic acids is 4. The van der Waals surface area contributed by atoms with E-state index in [9.17, 15) is 29.1 Å². The van der Waals surface area contributed by atoms with Gasteiger partial charge in [-0.25, -0.2) is 4.79 Å². The second-order valence-electron chi connectivity index (χ2n) is 8.94. The Morgan fingerprint density at radius 1 is 0.889 bits per heavy atom. The number of hydrogen-bond acceptors (Lipinski definition) is 7. The van der Waals surface area contributed by atoms with Crippen molar-refractivity contribution >= 4 is 29.6 Å². The highest BCUT2D eigenvalue weighted by Gasteiger charge is 2.32. The number of primary amides is 1. The van der Waals surface area contributed by atoms with Crippen molar-refractivity contribution in [2.75, 3.05) is 6.54 Å². The van der Waals surface area contributed by atoms with Gasteiger partial charge in [-0.1, -0.05) is 50.6 Å². The number of carbonyl (C=O) groups is 5. The minimum atomic E-state index is -1.56. The summed E-state index contributed by atoms with van der Waals surface area (Å²) in [7, 11) is 0. The maximum absolute atomic E-state index is 13.2. The summed E-state index contributed by atoms with van der Waals surface area (Å²) < 4.78 is 0. The molecule has 12 heteroatoms. The molecule has 4 unspecified atom stereocenters. The lowest BCUT2D eigenvalue weighted by Crippen LogP contribution is -2.59. The van der Waals surface area contributed by atoms with E-state index >= 15 is 0 Å². The van der Waals surface area contributed by atoms with E-state index in [1.54, 1.807) is 44.2 Å². The molecule has 0 bridgehead atoms. The van der Waals surface area contributed by atoms with Gasteiger partial charge in [-0.2, -0.15) is 0 Å². The molecule has 1 aromatic carbocycles. The van der Waals surface area contributed by atoms with Crippen LogP contribution in [0, 0.1) is 5.92 Å². The van der Waals surface area contributed by atoms with Crippen LogP contribution in [0.2, 0.25) is 0 Å². The van der Waals surface area contributed by atoms with Gasteiger partial charge in [0.25, 0.3) is 0 Å². The fourth-order valence-electron chi connectivity index (χ4n) is 3.43. The summed E-state index contributed by atoms with van der Waals surface area (Å²) in [5, 5.41) is 16.8. The molecule has 0 saturated heterocycles. The molecule has 10 N–H and O–H groups in total. The lowest BCUT2D eigenvalue weighted by atomic mass is 10.00. The van der Waals surface area contributed by atoms with Gasteiger partial charge in [0, 0.05) is 6.42 Å². The normalized spacial score (nSPS) is 14.2. The van der Waals surface area contributed by atoms with E-state index in [1.807, 2.05) is 0 Å². The highest BCUT2D eigenvalue weighted by Crippen LogP contribution is 2.08. The number of carboxylic acid groups (broad SMARTS) is 1. The third-order valence-corrected chi connectivity index (χ3v) is 5.49. The Bertz CT molecular complexity index is 894. The molecule has 0 heterocycles. The van der Waals surface area contributed by atoms with Crippen molar-refractivity contribution in [2.45, 2.75) is 70.1 Å². The van der Waals surface area contributed by atoms with Gasteiger partial charge < -0.3 is 38.3 Å². The van der Waals surface area contributed by atoms with Crippen LogP contribution in [-0.4, -0.2) is 65.4 Å². The Kier molecular flexibility index (Phi) is 13.1. The first-order valence-corrected chi connectivity index (χ1v) is 11.9. The molecule has 12 nitrogen and oxygen atoms in total. The Balaban J connectivity index is 3.04. The Morgan fingerprint density at radius 3 is 2.03 bits per heavy atom. The summed E-state index contributed by atoms with van der Waals surface area (Å²) in [6, 6.07) is 4.21. The Morgan fingerprint density at radius 2 is 1.50 bits per heavy atom. The smallest absolute Gasteiger partial charge is 0.326 e. The van der Waals surface area contributed by atoms with Crippen molar-refractivity contribution < 1.29 is 29.1 Å². The van der Waals surface area contributed by atoms with E-state index in [0.29, 0.717) is 24.9 Å². The van der Waals surface area contributed by atoms with Gasteiger partial charge in [0.1, 0.15) is 18.1 Å². The van der Waals surface area contributed by atoms with Gasteiger partial charge >= 0.3 is 5.97 Å². The van der Waals surface area contributed by atoms with Crippen molar-refractivity contribution in [3.63, 3.8) is 0 Å². The van der Waals surface area contributed by atoms with Gasteiger partial charge in [-0.05, 0) is 30.9 Å². The van der Waals surface area contributed by atoms with E-state index < -0.39 is 60.2 Å². The monoisotopic (exact) mass is 506 g/mol. The van der Waals surface area contributed by atoms with Crippen LogP contribution in [0.1, 0.15) is 45.1 Å². The van der Waals surface area contributed by atoms with Crippen molar-refractivity contribution in [2.24, 2.45) is 23.1 Å². The van der Waals surface area contributed by atoms with Crippen LogP contribution in [0.3, 0.4) is 0 Å². The summed E-state index contributed by atoms with van der Waals surface area (Å²) in [5.74, 6) is -4.64. The molecule has 0 aliphatic carbocycles. The summed E-state index contributed by atoms with van der Waals surface area (Å²) in [5.41, 5.74) is 17.2. The van der Waals surface area contributed by atoms with Crippen molar-refractivity contribution in [1.82, 2.24) is 16.0 Å². The fourth-order valence-corrected chi connectivity index (χ4v) is 3.43. The molecule has 200 valence electrons. The first-order chi connectivity index (χ1) is 17.0. The van der Waals surface area contributed by atoms with Crippen molar-refractivity contribution in [3.8, 4) is 0 Å². The molecule has 4 amide bonds. The lowest BCUT2D eigenvalue weighted by molar-refractivity contribution is -0.143. The number of nitrogens with one attached hydrogen (secondary N) is 3. The molecular weight excluding hydrogens is 468 g/mol. The number of benzene rings is 1. The van der Waals surface area contributed by atoms with Crippen LogP contribution in [0.5, 0.6) is 0 Å². The summed E-state index contributed by atoms with van der Waals surface area (Å²) in [6.07, 6.45) is 1.22. The second-order valence-corrected chi connectivity index (χ2v) is 8.94. The van der Waals surface area contributed by atoms with Crippen LogP contribution in [-0.2, 0) is 30.4 Å². The van der Waals surface area contributed by atoms with E-state index in [1.165, 1.54) is 0 Å². The van der Waals surface area contributed by atoms with Gasteiger partial charge in [0.2, 0.25) is 23.6 Å². The fraction of sp³-hybridized carbons (Fsp3) is 0.542. The quantitative estimate of drug-likeness (QED) is 0.134. The van der Waals surface area contributed by atoms with E-state index in [4.69, 9.17) is 17.2 Å². The molecular formula is C24H38N6O6. The molecule has 0 radical (unpaired) electrons. The molecule has 1 rings (SSSR count). The highest BCUT2D eigenvalue weighted by atomic mass is 16.4. The molecule has 0 aliphatic rings. The minimum absolute atomic E-state index is 0.0404. The predicted molar refractivity (Wildman–Crippen MR) is 133 cm³/mol. The number of rotatable bonds is 16. The van der Waals surface area contributed by atoms with E-state index in [2.05, 4.69) is 16.0 Å². The molecule has 1 aromatic rings. The third kappa shape index (κ3) is 10.8. The predicted octanol–water partition coefficient (Wildman–Crippen LogP) is -1.24. The Labute approximate surface area is 210 Å². The SMILES string of the molecule is CC(C)C(NC(=O)C(N)CCCCN)C(=O)NC(Cc1ccccc1)C(=O)NC(CC(N)=O)C(=O)O. The summed E-state index contributed by atoms with van der Waals surface area (Å²) >= 11 is 0. The van der Waals surface area contributed by atoms with Crippen LogP contribution < -0.4 is 33.2 Å². The molecule has 4 atom stereocenters. The molecule has 0 aliphatic heterocycles. The minimum Gasteiger partial charge on any atom is -0.480 e. The van der Waals surface area contributed by atoms with Gasteiger partial charge in [-0.15, -0.1) is 0 Å². The zero-order valence-electron chi connectivity index (χ0n) is 20.7. The van der Waals surface area contributed by atoms with Crippen LogP contribution in [0.15, 0.2) is 30.3 Å². The average molecular weight is 507 g/mol. The zero-order chi connectivity index (χ0) is 27.3. The first kappa shape index (κ1) is 30.5. The standard InChI is InChI=1S/C24H38N6O6/c1-14(2)20(30-21(32)16(26)10-6-7-11-25)23(34)28-17(12-15-8-4-3-5-9-15)22(33)29-18(24(35)36)13-19(27)31/h3-5,8-9,14,16-18,20H,6-7,10-13,25-26H2,1-2H3,(H2,27,31)(H,28,34)(H,29,33)(H,30,32)(H,35,36). The number of carboxylic acids is 1. The molecule has 0 aromatic heterocycles.